The minimum Gasteiger partial charge on any atom is -0.392 e. The van der Waals surface area contributed by atoms with Crippen LogP contribution in [0.1, 0.15) is 5.56 Å². The summed E-state index contributed by atoms with van der Waals surface area (Å²) in [6.07, 6.45) is -14.5. The van der Waals surface area contributed by atoms with Gasteiger partial charge in [0.2, 0.25) is 0 Å². The summed E-state index contributed by atoms with van der Waals surface area (Å²) in [7, 11) is 0. The van der Waals surface area contributed by atoms with Crippen LogP contribution in [0.25, 0.3) is 0 Å². The Morgan fingerprint density at radius 2 is 1.58 bits per heavy atom. The molecule has 0 aromatic heterocycles. The first-order chi connectivity index (χ1) is 8.51. The molecule has 0 fully saturated rings. The average Bonchev–Trinajstić information content (AvgIpc) is 2.11. The van der Waals surface area contributed by atoms with Gasteiger partial charge in [-0.15, -0.1) is 0 Å². The molecule has 0 aliphatic carbocycles. The molecule has 0 aliphatic heterocycles. The number of aliphatic hydroxyl groups excluding tert-OH is 1. The first kappa shape index (κ1) is 16.1. The van der Waals surface area contributed by atoms with E-state index in [1.54, 1.807) is 0 Å². The van der Waals surface area contributed by atoms with Gasteiger partial charge < -0.3 is 5.11 Å². The summed E-state index contributed by atoms with van der Waals surface area (Å²) in [5, 5.41) is 9.41. The second-order valence-electron chi connectivity index (χ2n) is 3.96. The minimum absolute atomic E-state index is 0.0958. The summed E-state index contributed by atoms with van der Waals surface area (Å²) in [6.45, 7) is 0. The highest BCUT2D eigenvalue weighted by Gasteiger charge is 2.59. The van der Waals surface area contributed by atoms with E-state index in [1.165, 1.54) is 24.3 Å². The van der Waals surface area contributed by atoms with E-state index in [-0.39, 0.29) is 10.6 Å². The lowest BCUT2D eigenvalue weighted by molar-refractivity contribution is -0.305. The van der Waals surface area contributed by atoms with Crippen LogP contribution in [0, 0.1) is 5.92 Å². The third-order valence-corrected chi connectivity index (χ3v) is 2.66. The molecule has 0 spiro atoms. The monoisotopic (exact) mass is 306 g/mol. The first-order valence-corrected chi connectivity index (χ1v) is 5.45. The molecule has 8 heteroatoms. The molecule has 1 unspecified atom stereocenters. The number of aliphatic hydroxyl groups is 1. The quantitative estimate of drug-likeness (QED) is 0.837. The first-order valence-electron chi connectivity index (χ1n) is 5.07. The fraction of sp³-hybridized carbons (Fsp3) is 0.455. The molecule has 0 saturated carbocycles. The summed E-state index contributed by atoms with van der Waals surface area (Å²) >= 11 is 5.56. The molecule has 0 saturated heterocycles. The standard InChI is InChI=1S/C11H9ClF6O/c12-7-3-1-2-6(4-7)5-8(19)9(10(13,14)15)11(16,17)18/h1-4,8-9,19H,5H2. The third-order valence-electron chi connectivity index (χ3n) is 2.42. The second kappa shape index (κ2) is 5.58. The smallest absolute Gasteiger partial charge is 0.392 e. The molecular formula is C11H9ClF6O. The zero-order valence-electron chi connectivity index (χ0n) is 9.26. The molecule has 0 radical (unpaired) electrons. The molecule has 1 nitrogen and oxygen atoms in total. The lowest BCUT2D eigenvalue weighted by Gasteiger charge is -2.27. The maximum Gasteiger partial charge on any atom is 0.403 e. The number of hydrogen-bond acceptors (Lipinski definition) is 1. The van der Waals surface area contributed by atoms with E-state index < -0.39 is 30.8 Å². The zero-order valence-corrected chi connectivity index (χ0v) is 10.0. The van der Waals surface area contributed by atoms with Crippen molar-refractivity contribution in [1.82, 2.24) is 0 Å². The van der Waals surface area contributed by atoms with Gasteiger partial charge in [-0.2, -0.15) is 26.3 Å². The Hall–Kier alpha value is -0.950. The molecular weight excluding hydrogens is 298 g/mol. The Balaban J connectivity index is 2.93. The van der Waals surface area contributed by atoms with Gasteiger partial charge in [0.25, 0.3) is 0 Å². The van der Waals surface area contributed by atoms with Crippen LogP contribution in [0.3, 0.4) is 0 Å². The molecule has 1 aromatic rings. The van der Waals surface area contributed by atoms with E-state index >= 15 is 0 Å². The lowest BCUT2D eigenvalue weighted by atomic mass is 9.95. The Labute approximate surface area is 109 Å². The summed E-state index contributed by atoms with van der Waals surface area (Å²) < 4.78 is 74.1. The van der Waals surface area contributed by atoms with Gasteiger partial charge in [0.05, 0.1) is 6.10 Å². The van der Waals surface area contributed by atoms with Crippen molar-refractivity contribution in [3.63, 3.8) is 0 Å². The van der Waals surface area contributed by atoms with Crippen LogP contribution in [0.2, 0.25) is 5.02 Å². The Morgan fingerprint density at radius 1 is 1.05 bits per heavy atom. The molecule has 108 valence electrons. The summed E-state index contributed by atoms with van der Waals surface area (Å²) in [6, 6.07) is 5.29. The molecule has 0 amide bonds. The SMILES string of the molecule is OC(Cc1cccc(Cl)c1)C(C(F)(F)F)C(F)(F)F. The number of alkyl halides is 6. The van der Waals surface area contributed by atoms with Gasteiger partial charge in [-0.1, -0.05) is 23.7 Å². The second-order valence-corrected chi connectivity index (χ2v) is 4.40. The molecule has 1 atom stereocenters. The maximum absolute atomic E-state index is 12.3. The van der Waals surface area contributed by atoms with Gasteiger partial charge in [0, 0.05) is 5.02 Å². The summed E-state index contributed by atoms with van der Waals surface area (Å²) in [5.74, 6) is -3.78. The molecule has 19 heavy (non-hydrogen) atoms. The van der Waals surface area contributed by atoms with Crippen molar-refractivity contribution < 1.29 is 31.4 Å². The van der Waals surface area contributed by atoms with Gasteiger partial charge >= 0.3 is 12.4 Å². The van der Waals surface area contributed by atoms with Crippen LogP contribution >= 0.6 is 11.6 Å². The van der Waals surface area contributed by atoms with Crippen molar-refractivity contribution in [3.8, 4) is 0 Å². The normalized spacial score (nSPS) is 14.8. The lowest BCUT2D eigenvalue weighted by Crippen LogP contribution is -2.45. The maximum atomic E-state index is 12.3. The van der Waals surface area contributed by atoms with Crippen molar-refractivity contribution in [2.24, 2.45) is 5.92 Å². The summed E-state index contributed by atoms with van der Waals surface area (Å²) in [5.41, 5.74) is 0.0958. The van der Waals surface area contributed by atoms with Gasteiger partial charge in [0.15, 0.2) is 5.92 Å². The predicted octanol–water partition coefficient (Wildman–Crippen LogP) is 3.98. The van der Waals surface area contributed by atoms with Crippen LogP contribution in [-0.4, -0.2) is 23.6 Å². The van der Waals surface area contributed by atoms with Crippen LogP contribution in [0.4, 0.5) is 26.3 Å². The Bertz CT molecular complexity index is 414. The highest BCUT2D eigenvalue weighted by molar-refractivity contribution is 6.30. The zero-order chi connectivity index (χ0) is 14.8. The van der Waals surface area contributed by atoms with Gasteiger partial charge in [-0.3, -0.25) is 0 Å². The van der Waals surface area contributed by atoms with Gasteiger partial charge in [-0.25, -0.2) is 0 Å². The van der Waals surface area contributed by atoms with E-state index in [0.717, 1.165) is 0 Å². The van der Waals surface area contributed by atoms with Crippen LogP contribution in [0.5, 0.6) is 0 Å². The number of hydrogen-bond donors (Lipinski definition) is 1. The number of rotatable bonds is 3. The number of benzene rings is 1. The highest BCUT2D eigenvalue weighted by Crippen LogP contribution is 2.42. The van der Waals surface area contributed by atoms with Crippen molar-refractivity contribution in [3.05, 3.63) is 34.9 Å². The number of halogens is 7. The van der Waals surface area contributed by atoms with Crippen molar-refractivity contribution >= 4 is 11.6 Å². The largest absolute Gasteiger partial charge is 0.403 e. The minimum atomic E-state index is -5.56. The highest BCUT2D eigenvalue weighted by atomic mass is 35.5. The molecule has 0 heterocycles. The van der Waals surface area contributed by atoms with E-state index in [0.29, 0.717) is 0 Å². The summed E-state index contributed by atoms with van der Waals surface area (Å²) in [4.78, 5) is 0. The van der Waals surface area contributed by atoms with Crippen molar-refractivity contribution in [2.45, 2.75) is 24.9 Å². The fourth-order valence-electron chi connectivity index (χ4n) is 1.65. The van der Waals surface area contributed by atoms with Crippen LogP contribution in [-0.2, 0) is 6.42 Å². The average molecular weight is 307 g/mol. The van der Waals surface area contributed by atoms with E-state index in [1.807, 2.05) is 0 Å². The topological polar surface area (TPSA) is 20.2 Å². The van der Waals surface area contributed by atoms with E-state index in [4.69, 9.17) is 11.6 Å². The predicted molar refractivity (Wildman–Crippen MR) is 56.8 cm³/mol. The van der Waals surface area contributed by atoms with Crippen molar-refractivity contribution in [1.29, 1.82) is 0 Å². The molecule has 0 bridgehead atoms. The van der Waals surface area contributed by atoms with Gasteiger partial charge in [-0.05, 0) is 24.1 Å². The van der Waals surface area contributed by atoms with Crippen LogP contribution in [0.15, 0.2) is 24.3 Å². The molecule has 0 aliphatic rings. The molecule has 1 aromatic carbocycles. The Morgan fingerprint density at radius 3 is 2.00 bits per heavy atom. The third kappa shape index (κ3) is 4.58. The fourth-order valence-corrected chi connectivity index (χ4v) is 1.86. The van der Waals surface area contributed by atoms with E-state index in [2.05, 4.69) is 0 Å². The van der Waals surface area contributed by atoms with Gasteiger partial charge in [0.1, 0.15) is 0 Å². The molecule has 1 rings (SSSR count). The molecule has 1 N–H and O–H groups in total. The van der Waals surface area contributed by atoms with Crippen LogP contribution < -0.4 is 0 Å². The van der Waals surface area contributed by atoms with E-state index in [9.17, 15) is 31.4 Å². The van der Waals surface area contributed by atoms with Crippen molar-refractivity contribution in [2.75, 3.05) is 0 Å². The Kier molecular flexibility index (Phi) is 4.73.